The molecule has 0 spiro atoms. The second-order valence-corrected chi connectivity index (χ2v) is 3.83. The van der Waals surface area contributed by atoms with Crippen molar-refractivity contribution in [3.05, 3.63) is 47.5 Å². The number of benzene rings is 2. The predicted octanol–water partition coefficient (Wildman–Crippen LogP) is 2.10. The molecule has 17 heavy (non-hydrogen) atoms. The minimum atomic E-state index is -1.03. The van der Waals surface area contributed by atoms with Crippen LogP contribution in [0.1, 0.15) is 11.1 Å². The van der Waals surface area contributed by atoms with Gasteiger partial charge in [-0.25, -0.2) is 4.79 Å². The van der Waals surface area contributed by atoms with Gasteiger partial charge in [0, 0.05) is 6.54 Å². The second kappa shape index (κ2) is 4.84. The van der Waals surface area contributed by atoms with Gasteiger partial charge < -0.3 is 15.5 Å². The van der Waals surface area contributed by atoms with Crippen molar-refractivity contribution in [2.24, 2.45) is 0 Å². The summed E-state index contributed by atoms with van der Waals surface area (Å²) in [5.74, 6) is 0. The average molecular weight is 231 g/mol. The molecule has 0 unspecified atom stereocenters. The molecule has 0 radical (unpaired) electrons. The number of carbonyl (C=O) groups is 1. The van der Waals surface area contributed by atoms with Crippen LogP contribution in [0.3, 0.4) is 0 Å². The van der Waals surface area contributed by atoms with Crippen LogP contribution in [0.15, 0.2) is 36.4 Å². The Balaban J connectivity index is 2.28. The van der Waals surface area contributed by atoms with Crippen LogP contribution < -0.4 is 5.32 Å². The highest BCUT2D eigenvalue weighted by atomic mass is 16.4. The number of carboxylic acid groups (broad SMARTS) is 1. The van der Waals surface area contributed by atoms with Crippen LogP contribution in [0.5, 0.6) is 0 Å². The Kier molecular flexibility index (Phi) is 3.25. The normalized spacial score (nSPS) is 10.4. The number of aliphatic hydroxyl groups is 1. The lowest BCUT2D eigenvalue weighted by Gasteiger charge is -2.05. The number of hydrogen-bond donors (Lipinski definition) is 3. The maximum atomic E-state index is 10.4. The van der Waals surface area contributed by atoms with Crippen molar-refractivity contribution in [1.82, 2.24) is 5.32 Å². The lowest BCUT2D eigenvalue weighted by atomic mass is 10.0. The predicted molar refractivity (Wildman–Crippen MR) is 64.7 cm³/mol. The summed E-state index contributed by atoms with van der Waals surface area (Å²) in [6.45, 7) is 0.325. The molecule has 0 aliphatic heterocycles. The smallest absolute Gasteiger partial charge is 0.404 e. The molecule has 2 aromatic carbocycles. The van der Waals surface area contributed by atoms with E-state index in [4.69, 9.17) is 10.2 Å². The highest BCUT2D eigenvalue weighted by Gasteiger charge is 2.00. The number of aliphatic hydroxyl groups excluding tert-OH is 1. The van der Waals surface area contributed by atoms with E-state index >= 15 is 0 Å². The Hall–Kier alpha value is -2.07. The van der Waals surface area contributed by atoms with E-state index < -0.39 is 6.09 Å². The van der Waals surface area contributed by atoms with Crippen LogP contribution in [-0.4, -0.2) is 16.3 Å². The topological polar surface area (TPSA) is 69.6 Å². The number of fused-ring (bicyclic) bond motifs is 1. The third-order valence-electron chi connectivity index (χ3n) is 2.60. The molecule has 4 heteroatoms. The average Bonchev–Trinajstić information content (AvgIpc) is 2.35. The number of nitrogens with one attached hydrogen (secondary N) is 1. The van der Waals surface area contributed by atoms with Gasteiger partial charge in [-0.2, -0.15) is 0 Å². The van der Waals surface area contributed by atoms with E-state index in [1.54, 1.807) is 0 Å². The van der Waals surface area contributed by atoms with E-state index in [1.165, 1.54) is 0 Å². The summed E-state index contributed by atoms with van der Waals surface area (Å²) in [6.07, 6.45) is -1.03. The molecule has 0 aromatic heterocycles. The summed E-state index contributed by atoms with van der Waals surface area (Å²) >= 11 is 0. The molecule has 0 atom stereocenters. The largest absolute Gasteiger partial charge is 0.465 e. The van der Waals surface area contributed by atoms with Crippen LogP contribution in [0, 0.1) is 0 Å². The molecule has 0 fully saturated rings. The summed E-state index contributed by atoms with van der Waals surface area (Å²) in [6, 6.07) is 11.4. The Bertz CT molecular complexity index is 551. The molecule has 88 valence electrons. The molecule has 0 saturated heterocycles. The van der Waals surface area contributed by atoms with Crippen molar-refractivity contribution in [2.75, 3.05) is 0 Å². The first kappa shape index (κ1) is 11.4. The van der Waals surface area contributed by atoms with Crippen LogP contribution >= 0.6 is 0 Å². The van der Waals surface area contributed by atoms with Crippen LogP contribution in [-0.2, 0) is 13.2 Å². The first-order valence-corrected chi connectivity index (χ1v) is 5.28. The van der Waals surface area contributed by atoms with Gasteiger partial charge in [0.1, 0.15) is 0 Å². The maximum absolute atomic E-state index is 10.4. The van der Waals surface area contributed by atoms with Gasteiger partial charge in [0.2, 0.25) is 0 Å². The lowest BCUT2D eigenvalue weighted by Crippen LogP contribution is -2.19. The first-order chi connectivity index (χ1) is 8.19. The molecule has 4 nitrogen and oxygen atoms in total. The molecule has 0 heterocycles. The monoisotopic (exact) mass is 231 g/mol. The Labute approximate surface area is 98.5 Å². The first-order valence-electron chi connectivity index (χ1n) is 5.28. The molecule has 0 saturated carbocycles. The molecule has 3 N–H and O–H groups in total. The van der Waals surface area contributed by atoms with Gasteiger partial charge >= 0.3 is 6.09 Å². The Morgan fingerprint density at radius 3 is 2.24 bits per heavy atom. The number of amides is 1. The molecule has 0 aliphatic carbocycles. The number of hydrogen-bond acceptors (Lipinski definition) is 2. The number of rotatable bonds is 3. The van der Waals surface area contributed by atoms with Crippen molar-refractivity contribution in [1.29, 1.82) is 0 Å². The molecule has 2 aromatic rings. The van der Waals surface area contributed by atoms with Crippen molar-refractivity contribution in [3.63, 3.8) is 0 Å². The third kappa shape index (κ3) is 2.73. The SMILES string of the molecule is O=C(O)NCc1ccc2cc(CO)ccc2c1. The van der Waals surface area contributed by atoms with Gasteiger partial charge in [-0.05, 0) is 34.0 Å². The minimum Gasteiger partial charge on any atom is -0.465 e. The second-order valence-electron chi connectivity index (χ2n) is 3.83. The minimum absolute atomic E-state index is 0.0261. The van der Waals surface area contributed by atoms with Gasteiger partial charge in [-0.3, -0.25) is 0 Å². The van der Waals surface area contributed by atoms with Crippen molar-refractivity contribution < 1.29 is 15.0 Å². The van der Waals surface area contributed by atoms with E-state index in [-0.39, 0.29) is 6.61 Å². The maximum Gasteiger partial charge on any atom is 0.404 e. The molecular formula is C13H13NO3. The fraction of sp³-hybridized carbons (Fsp3) is 0.154. The van der Waals surface area contributed by atoms with Crippen LogP contribution in [0.25, 0.3) is 10.8 Å². The Morgan fingerprint density at radius 1 is 1.06 bits per heavy atom. The van der Waals surface area contributed by atoms with Crippen LogP contribution in [0.4, 0.5) is 4.79 Å². The molecule has 0 aliphatic rings. The summed E-state index contributed by atoms with van der Waals surface area (Å²) in [5.41, 5.74) is 1.78. The fourth-order valence-corrected chi connectivity index (χ4v) is 1.73. The zero-order chi connectivity index (χ0) is 12.3. The highest BCUT2D eigenvalue weighted by molar-refractivity contribution is 5.83. The third-order valence-corrected chi connectivity index (χ3v) is 2.60. The van der Waals surface area contributed by atoms with Gasteiger partial charge in [0.15, 0.2) is 0 Å². The van der Waals surface area contributed by atoms with Crippen molar-refractivity contribution in [3.8, 4) is 0 Å². The molecule has 2 rings (SSSR count). The van der Waals surface area contributed by atoms with Gasteiger partial charge in [0.05, 0.1) is 6.61 Å². The van der Waals surface area contributed by atoms with E-state index in [0.717, 1.165) is 21.9 Å². The van der Waals surface area contributed by atoms with Crippen molar-refractivity contribution in [2.45, 2.75) is 13.2 Å². The van der Waals surface area contributed by atoms with Gasteiger partial charge in [-0.1, -0.05) is 24.3 Å². The van der Waals surface area contributed by atoms with Gasteiger partial charge in [-0.15, -0.1) is 0 Å². The molecule has 1 amide bonds. The standard InChI is InChI=1S/C13H13NO3/c15-8-10-2-4-11-5-9(7-14-13(16)17)1-3-12(11)6-10/h1-6,14-15H,7-8H2,(H,16,17). The van der Waals surface area contributed by atoms with E-state index in [9.17, 15) is 4.79 Å². The summed E-state index contributed by atoms with van der Waals surface area (Å²) in [7, 11) is 0. The van der Waals surface area contributed by atoms with Crippen LogP contribution in [0.2, 0.25) is 0 Å². The summed E-state index contributed by atoms with van der Waals surface area (Å²) in [4.78, 5) is 10.4. The highest BCUT2D eigenvalue weighted by Crippen LogP contribution is 2.18. The zero-order valence-corrected chi connectivity index (χ0v) is 9.18. The van der Waals surface area contributed by atoms with Crippen molar-refractivity contribution >= 4 is 16.9 Å². The summed E-state index contributed by atoms with van der Waals surface area (Å²) in [5, 5.41) is 21.9. The fourth-order valence-electron chi connectivity index (χ4n) is 1.73. The van der Waals surface area contributed by atoms with E-state index in [0.29, 0.717) is 6.54 Å². The van der Waals surface area contributed by atoms with E-state index in [2.05, 4.69) is 5.32 Å². The zero-order valence-electron chi connectivity index (χ0n) is 9.18. The lowest BCUT2D eigenvalue weighted by molar-refractivity contribution is 0.194. The molecular weight excluding hydrogens is 218 g/mol. The quantitative estimate of drug-likeness (QED) is 0.757. The summed E-state index contributed by atoms with van der Waals surface area (Å²) < 4.78 is 0. The Morgan fingerprint density at radius 2 is 1.65 bits per heavy atom. The van der Waals surface area contributed by atoms with Gasteiger partial charge in [0.25, 0.3) is 0 Å². The molecule has 0 bridgehead atoms. The van der Waals surface area contributed by atoms with E-state index in [1.807, 2.05) is 36.4 Å².